The SMILES string of the molecule is CC(C)(C)[Si](C)(C)OC[C@@H](CCC=O)N=[N+]=[N-]. The van der Waals surface area contributed by atoms with E-state index in [1.165, 1.54) is 0 Å². The van der Waals surface area contributed by atoms with Gasteiger partial charge >= 0.3 is 0 Å². The smallest absolute Gasteiger partial charge is 0.191 e. The molecule has 0 amide bonds. The Kier molecular flexibility index (Phi) is 6.45. The van der Waals surface area contributed by atoms with Crippen LogP contribution in [0.1, 0.15) is 33.6 Å². The van der Waals surface area contributed by atoms with Crippen LogP contribution in [0.5, 0.6) is 0 Å². The number of nitrogens with zero attached hydrogens (tertiary/aromatic N) is 3. The van der Waals surface area contributed by atoms with E-state index in [0.29, 0.717) is 19.4 Å². The number of carbonyl (C=O) groups is 1. The fraction of sp³-hybridized carbons (Fsp3) is 0.909. The van der Waals surface area contributed by atoms with Crippen molar-refractivity contribution >= 4 is 14.6 Å². The van der Waals surface area contributed by atoms with Crippen molar-refractivity contribution < 1.29 is 9.22 Å². The maximum atomic E-state index is 10.3. The van der Waals surface area contributed by atoms with Gasteiger partial charge in [0.05, 0.1) is 6.04 Å². The monoisotopic (exact) mass is 257 g/mol. The Morgan fingerprint density at radius 2 is 2.06 bits per heavy atom. The number of hydrogen-bond donors (Lipinski definition) is 0. The van der Waals surface area contributed by atoms with Crippen LogP contribution in [0.3, 0.4) is 0 Å². The van der Waals surface area contributed by atoms with Crippen molar-refractivity contribution in [1.29, 1.82) is 0 Å². The largest absolute Gasteiger partial charge is 0.416 e. The first-order valence-electron chi connectivity index (χ1n) is 5.86. The molecular formula is C11H23N3O2Si. The highest BCUT2D eigenvalue weighted by atomic mass is 28.4. The Labute approximate surface area is 104 Å². The third kappa shape index (κ3) is 5.86. The molecule has 6 heteroatoms. The summed E-state index contributed by atoms with van der Waals surface area (Å²) >= 11 is 0. The number of rotatable bonds is 7. The summed E-state index contributed by atoms with van der Waals surface area (Å²) in [6, 6.07) is -0.237. The minimum atomic E-state index is -1.81. The van der Waals surface area contributed by atoms with Crippen LogP contribution in [-0.2, 0) is 9.22 Å². The van der Waals surface area contributed by atoms with E-state index in [0.717, 1.165) is 6.29 Å². The van der Waals surface area contributed by atoms with Gasteiger partial charge in [0.25, 0.3) is 0 Å². The third-order valence-corrected chi connectivity index (χ3v) is 7.78. The minimum Gasteiger partial charge on any atom is -0.416 e. The third-order valence-electron chi connectivity index (χ3n) is 3.28. The molecule has 1 atom stereocenters. The molecule has 0 spiro atoms. The van der Waals surface area contributed by atoms with E-state index in [9.17, 15) is 4.79 Å². The van der Waals surface area contributed by atoms with Crippen LogP contribution in [0.15, 0.2) is 5.11 Å². The summed E-state index contributed by atoms with van der Waals surface area (Å²) < 4.78 is 5.96. The van der Waals surface area contributed by atoms with Gasteiger partial charge in [0.2, 0.25) is 0 Å². The van der Waals surface area contributed by atoms with Crippen molar-refractivity contribution in [1.82, 2.24) is 0 Å². The lowest BCUT2D eigenvalue weighted by Crippen LogP contribution is -2.42. The second-order valence-electron chi connectivity index (χ2n) is 5.67. The predicted molar refractivity (Wildman–Crippen MR) is 71.4 cm³/mol. The molecule has 0 radical (unpaired) electrons. The summed E-state index contributed by atoms with van der Waals surface area (Å²) in [6.07, 6.45) is 1.80. The molecule has 0 rings (SSSR count). The molecule has 0 bridgehead atoms. The Balaban J connectivity index is 4.39. The minimum absolute atomic E-state index is 0.137. The highest BCUT2D eigenvalue weighted by Gasteiger charge is 2.37. The van der Waals surface area contributed by atoms with Gasteiger partial charge in [-0.3, -0.25) is 0 Å². The summed E-state index contributed by atoms with van der Waals surface area (Å²) in [5.41, 5.74) is 8.45. The lowest BCUT2D eigenvalue weighted by atomic mass is 10.2. The normalized spacial score (nSPS) is 13.9. The van der Waals surface area contributed by atoms with Crippen molar-refractivity contribution in [2.45, 2.75) is 57.8 Å². The van der Waals surface area contributed by atoms with E-state index in [-0.39, 0.29) is 11.1 Å². The number of azide groups is 1. The molecule has 0 aromatic rings. The van der Waals surface area contributed by atoms with Crippen LogP contribution >= 0.6 is 0 Å². The number of aldehydes is 1. The maximum absolute atomic E-state index is 10.3. The molecule has 0 aliphatic rings. The molecule has 0 saturated carbocycles. The summed E-state index contributed by atoms with van der Waals surface area (Å²) in [5.74, 6) is 0. The maximum Gasteiger partial charge on any atom is 0.191 e. The highest BCUT2D eigenvalue weighted by Crippen LogP contribution is 2.36. The van der Waals surface area contributed by atoms with Gasteiger partial charge in [-0.05, 0) is 30.1 Å². The molecule has 0 saturated heterocycles. The molecular weight excluding hydrogens is 234 g/mol. The van der Waals surface area contributed by atoms with Crippen LogP contribution in [0.4, 0.5) is 0 Å². The molecule has 0 N–H and O–H groups in total. The zero-order valence-electron chi connectivity index (χ0n) is 11.4. The van der Waals surface area contributed by atoms with Gasteiger partial charge in [-0.2, -0.15) is 0 Å². The molecule has 98 valence electrons. The Hall–Kier alpha value is -0.843. The quantitative estimate of drug-likeness (QED) is 0.229. The van der Waals surface area contributed by atoms with Gasteiger partial charge in [-0.1, -0.05) is 25.9 Å². The first-order valence-corrected chi connectivity index (χ1v) is 8.77. The first-order chi connectivity index (χ1) is 7.74. The van der Waals surface area contributed by atoms with E-state index in [4.69, 9.17) is 9.96 Å². The van der Waals surface area contributed by atoms with Crippen molar-refractivity contribution in [3.8, 4) is 0 Å². The zero-order chi connectivity index (χ0) is 13.5. The van der Waals surface area contributed by atoms with Gasteiger partial charge in [0.15, 0.2) is 8.32 Å². The van der Waals surface area contributed by atoms with E-state index in [1.54, 1.807) is 0 Å². The first kappa shape index (κ1) is 16.2. The summed E-state index contributed by atoms with van der Waals surface area (Å²) in [6.45, 7) is 11.2. The predicted octanol–water partition coefficient (Wildman–Crippen LogP) is 3.67. The molecule has 0 unspecified atom stereocenters. The van der Waals surface area contributed by atoms with Crippen molar-refractivity contribution in [3.05, 3.63) is 10.4 Å². The Morgan fingerprint density at radius 1 is 1.47 bits per heavy atom. The molecule has 0 aromatic heterocycles. The van der Waals surface area contributed by atoms with Crippen LogP contribution in [-0.4, -0.2) is 27.3 Å². The average Bonchev–Trinajstić information content (AvgIpc) is 2.20. The van der Waals surface area contributed by atoms with Crippen LogP contribution in [0, 0.1) is 0 Å². The topological polar surface area (TPSA) is 75.1 Å². The highest BCUT2D eigenvalue weighted by molar-refractivity contribution is 6.74. The second kappa shape index (κ2) is 6.79. The van der Waals surface area contributed by atoms with E-state index < -0.39 is 8.32 Å². The summed E-state index contributed by atoms with van der Waals surface area (Å²) in [5, 5.41) is 3.80. The second-order valence-corrected chi connectivity index (χ2v) is 10.5. The van der Waals surface area contributed by atoms with Gasteiger partial charge < -0.3 is 9.22 Å². The van der Waals surface area contributed by atoms with Crippen LogP contribution in [0.2, 0.25) is 18.1 Å². The standard InChI is InChI=1S/C11H23N3O2Si/c1-11(2,3)17(4,5)16-9-10(13-14-12)7-6-8-15/h8,10H,6-7,9H2,1-5H3/t10-/m1/s1. The van der Waals surface area contributed by atoms with Crippen molar-refractivity contribution in [2.24, 2.45) is 5.11 Å². The fourth-order valence-electron chi connectivity index (χ4n) is 1.03. The van der Waals surface area contributed by atoms with E-state index in [2.05, 4.69) is 43.9 Å². The average molecular weight is 257 g/mol. The Bertz CT molecular complexity index is 294. The molecule has 0 fully saturated rings. The zero-order valence-corrected chi connectivity index (χ0v) is 12.4. The molecule has 0 heterocycles. The lowest BCUT2D eigenvalue weighted by molar-refractivity contribution is -0.108. The van der Waals surface area contributed by atoms with Crippen molar-refractivity contribution in [2.75, 3.05) is 6.61 Å². The molecule has 0 aromatic carbocycles. The number of hydrogen-bond acceptors (Lipinski definition) is 3. The van der Waals surface area contributed by atoms with Gasteiger partial charge in [0.1, 0.15) is 6.29 Å². The molecule has 0 aliphatic carbocycles. The molecule has 17 heavy (non-hydrogen) atoms. The van der Waals surface area contributed by atoms with Gasteiger partial charge in [0, 0.05) is 17.9 Å². The fourth-order valence-corrected chi connectivity index (χ4v) is 2.07. The van der Waals surface area contributed by atoms with Crippen LogP contribution < -0.4 is 0 Å². The summed E-state index contributed by atoms with van der Waals surface area (Å²) in [7, 11) is -1.81. The van der Waals surface area contributed by atoms with E-state index >= 15 is 0 Å². The molecule has 0 aliphatic heterocycles. The van der Waals surface area contributed by atoms with E-state index in [1.807, 2.05) is 0 Å². The van der Waals surface area contributed by atoms with Crippen molar-refractivity contribution in [3.63, 3.8) is 0 Å². The molecule has 5 nitrogen and oxygen atoms in total. The van der Waals surface area contributed by atoms with Gasteiger partial charge in [-0.15, -0.1) is 0 Å². The lowest BCUT2D eigenvalue weighted by Gasteiger charge is -2.36. The number of carbonyl (C=O) groups excluding carboxylic acids is 1. The summed E-state index contributed by atoms with van der Waals surface area (Å²) in [4.78, 5) is 13.1. The van der Waals surface area contributed by atoms with Gasteiger partial charge in [-0.25, -0.2) is 0 Å². The Morgan fingerprint density at radius 3 is 2.47 bits per heavy atom. The van der Waals surface area contributed by atoms with Crippen LogP contribution in [0.25, 0.3) is 10.4 Å².